The molecule has 2 atom stereocenters. The van der Waals surface area contributed by atoms with E-state index in [1.54, 1.807) is 19.2 Å². The van der Waals surface area contributed by atoms with E-state index in [2.05, 4.69) is 37.9 Å². The summed E-state index contributed by atoms with van der Waals surface area (Å²) in [5.74, 6) is -1.54. The summed E-state index contributed by atoms with van der Waals surface area (Å²) in [6.07, 6.45) is 0.843. The van der Waals surface area contributed by atoms with Crippen LogP contribution in [0.4, 0.5) is 8.78 Å². The number of likely N-dealkylation sites (N-methyl/N-ethyl adjacent to an activating group) is 2. The molecule has 0 spiro atoms. The monoisotopic (exact) mass is 284 g/mol. The third-order valence-electron chi connectivity index (χ3n) is 4.40. The molecule has 0 amide bonds. The molecule has 1 rings (SSSR count). The van der Waals surface area contributed by atoms with Crippen molar-refractivity contribution in [3.05, 3.63) is 35.4 Å². The van der Waals surface area contributed by atoms with Crippen LogP contribution in [0, 0.1) is 11.6 Å². The van der Waals surface area contributed by atoms with E-state index in [-0.39, 0.29) is 11.6 Å². The van der Waals surface area contributed by atoms with Crippen LogP contribution in [-0.2, 0) is 0 Å². The molecule has 1 aromatic rings. The van der Waals surface area contributed by atoms with Crippen molar-refractivity contribution in [1.29, 1.82) is 0 Å². The molecular formula is C16H26F2N2. The molecule has 0 aliphatic carbocycles. The van der Waals surface area contributed by atoms with Crippen molar-refractivity contribution in [3.8, 4) is 0 Å². The Kier molecular flexibility index (Phi) is 6.08. The maximum absolute atomic E-state index is 14.1. The number of rotatable bonds is 7. The second-order valence-electron chi connectivity index (χ2n) is 5.25. The zero-order valence-corrected chi connectivity index (χ0v) is 13.1. The summed E-state index contributed by atoms with van der Waals surface area (Å²) in [6.45, 7) is 10.1. The molecule has 0 heterocycles. The highest BCUT2D eigenvalue weighted by Gasteiger charge is 2.38. The van der Waals surface area contributed by atoms with Gasteiger partial charge in [0, 0.05) is 11.1 Å². The average molecular weight is 284 g/mol. The van der Waals surface area contributed by atoms with Gasteiger partial charge >= 0.3 is 0 Å². The van der Waals surface area contributed by atoms with Crippen molar-refractivity contribution in [2.75, 3.05) is 20.1 Å². The van der Waals surface area contributed by atoms with Gasteiger partial charge in [-0.2, -0.15) is 0 Å². The molecule has 0 saturated heterocycles. The van der Waals surface area contributed by atoms with Gasteiger partial charge in [0.15, 0.2) is 11.6 Å². The van der Waals surface area contributed by atoms with E-state index in [0.717, 1.165) is 25.6 Å². The first-order valence-corrected chi connectivity index (χ1v) is 7.32. The Balaban J connectivity index is 3.31. The van der Waals surface area contributed by atoms with E-state index in [4.69, 9.17) is 0 Å². The second kappa shape index (κ2) is 7.14. The summed E-state index contributed by atoms with van der Waals surface area (Å²) in [6, 6.07) is 4.13. The third kappa shape index (κ3) is 3.01. The van der Waals surface area contributed by atoms with Gasteiger partial charge in [-0.05, 0) is 39.5 Å². The first-order valence-electron chi connectivity index (χ1n) is 7.32. The lowest BCUT2D eigenvalue weighted by Gasteiger charge is -2.46. The minimum Gasteiger partial charge on any atom is -0.311 e. The van der Waals surface area contributed by atoms with Crippen LogP contribution in [0.15, 0.2) is 18.2 Å². The topological polar surface area (TPSA) is 15.3 Å². The van der Waals surface area contributed by atoms with Crippen molar-refractivity contribution >= 4 is 0 Å². The zero-order chi connectivity index (χ0) is 15.3. The molecule has 0 radical (unpaired) electrons. The number of hydrogen-bond acceptors (Lipinski definition) is 2. The third-order valence-corrected chi connectivity index (χ3v) is 4.40. The van der Waals surface area contributed by atoms with Crippen LogP contribution in [0.1, 0.15) is 45.7 Å². The molecule has 2 unspecified atom stereocenters. The lowest BCUT2D eigenvalue weighted by atomic mass is 9.82. The molecule has 0 bridgehead atoms. The number of hydrogen-bond donors (Lipinski definition) is 1. The van der Waals surface area contributed by atoms with E-state index in [0.29, 0.717) is 5.56 Å². The summed E-state index contributed by atoms with van der Waals surface area (Å²) in [7, 11) is 1.80. The van der Waals surface area contributed by atoms with Gasteiger partial charge in [-0.3, -0.25) is 4.90 Å². The molecule has 4 heteroatoms. The Morgan fingerprint density at radius 1 is 1.20 bits per heavy atom. The van der Waals surface area contributed by atoms with E-state index in [1.807, 2.05) is 0 Å². The number of benzene rings is 1. The van der Waals surface area contributed by atoms with E-state index in [1.165, 1.54) is 0 Å². The minimum atomic E-state index is -0.791. The second-order valence-corrected chi connectivity index (χ2v) is 5.25. The van der Waals surface area contributed by atoms with Gasteiger partial charge in [-0.25, -0.2) is 8.78 Å². The smallest absolute Gasteiger partial charge is 0.163 e. The predicted molar refractivity (Wildman–Crippen MR) is 79.8 cm³/mol. The number of halogens is 2. The first-order chi connectivity index (χ1) is 9.46. The summed E-state index contributed by atoms with van der Waals surface area (Å²) >= 11 is 0. The highest BCUT2D eigenvalue weighted by Crippen LogP contribution is 2.35. The fourth-order valence-corrected chi connectivity index (χ4v) is 3.10. The number of nitrogens with zero attached hydrogens (tertiary/aromatic N) is 1. The molecule has 20 heavy (non-hydrogen) atoms. The minimum absolute atomic E-state index is 0.261. The maximum atomic E-state index is 14.1. The predicted octanol–water partition coefficient (Wildman–Crippen LogP) is 3.74. The molecule has 2 nitrogen and oxygen atoms in total. The van der Waals surface area contributed by atoms with Crippen molar-refractivity contribution in [2.24, 2.45) is 0 Å². The molecule has 114 valence electrons. The highest BCUT2D eigenvalue weighted by atomic mass is 19.2. The van der Waals surface area contributed by atoms with Crippen LogP contribution in [-0.4, -0.2) is 30.6 Å². The Hall–Kier alpha value is -1.00. The molecular weight excluding hydrogens is 258 g/mol. The van der Waals surface area contributed by atoms with Gasteiger partial charge in [0.05, 0.1) is 6.04 Å². The Morgan fingerprint density at radius 3 is 2.25 bits per heavy atom. The van der Waals surface area contributed by atoms with Crippen LogP contribution in [0.5, 0.6) is 0 Å². The van der Waals surface area contributed by atoms with Crippen LogP contribution in [0.2, 0.25) is 0 Å². The Bertz CT molecular complexity index is 432. The zero-order valence-electron chi connectivity index (χ0n) is 13.1. The molecule has 1 N–H and O–H groups in total. The van der Waals surface area contributed by atoms with Crippen molar-refractivity contribution in [3.63, 3.8) is 0 Å². The van der Waals surface area contributed by atoms with Gasteiger partial charge in [0.2, 0.25) is 0 Å². The van der Waals surface area contributed by atoms with Gasteiger partial charge in [-0.1, -0.05) is 32.9 Å². The standard InChI is InChI=1S/C16H26F2N2/c1-6-16(4,20(7-2)8-3)15(19-5)12-10-9-11-13(17)14(12)18/h9-11,15,19H,6-8H2,1-5H3. The SMILES string of the molecule is CCN(CC)C(C)(CC)C(NC)c1cccc(F)c1F. The molecule has 0 aliphatic rings. The largest absolute Gasteiger partial charge is 0.311 e. The van der Waals surface area contributed by atoms with Gasteiger partial charge in [-0.15, -0.1) is 0 Å². The number of nitrogens with one attached hydrogen (secondary N) is 1. The van der Waals surface area contributed by atoms with Crippen LogP contribution < -0.4 is 5.32 Å². The molecule has 0 aromatic heterocycles. The van der Waals surface area contributed by atoms with Crippen LogP contribution in [0.25, 0.3) is 0 Å². The molecule has 0 fully saturated rings. The van der Waals surface area contributed by atoms with E-state index >= 15 is 0 Å². The fraction of sp³-hybridized carbons (Fsp3) is 0.625. The lowest BCUT2D eigenvalue weighted by Crippen LogP contribution is -2.54. The van der Waals surface area contributed by atoms with Crippen LogP contribution in [0.3, 0.4) is 0 Å². The maximum Gasteiger partial charge on any atom is 0.163 e. The van der Waals surface area contributed by atoms with Gasteiger partial charge in [0.1, 0.15) is 0 Å². The fourth-order valence-electron chi connectivity index (χ4n) is 3.10. The summed E-state index contributed by atoms with van der Waals surface area (Å²) in [5, 5.41) is 3.18. The van der Waals surface area contributed by atoms with Gasteiger partial charge in [0.25, 0.3) is 0 Å². The lowest BCUT2D eigenvalue weighted by molar-refractivity contribution is 0.0712. The van der Waals surface area contributed by atoms with E-state index < -0.39 is 11.6 Å². The Labute approximate surface area is 121 Å². The average Bonchev–Trinajstić information content (AvgIpc) is 2.45. The molecule has 0 aliphatic heterocycles. The molecule has 0 saturated carbocycles. The Morgan fingerprint density at radius 2 is 1.80 bits per heavy atom. The van der Waals surface area contributed by atoms with Crippen molar-refractivity contribution in [2.45, 2.75) is 45.7 Å². The highest BCUT2D eigenvalue weighted by molar-refractivity contribution is 5.26. The van der Waals surface area contributed by atoms with Crippen LogP contribution >= 0.6 is 0 Å². The van der Waals surface area contributed by atoms with Crippen molar-refractivity contribution in [1.82, 2.24) is 10.2 Å². The first kappa shape index (κ1) is 17.1. The quantitative estimate of drug-likeness (QED) is 0.820. The summed E-state index contributed by atoms with van der Waals surface area (Å²) in [4.78, 5) is 2.29. The van der Waals surface area contributed by atoms with Crippen molar-refractivity contribution < 1.29 is 8.78 Å². The summed E-state index contributed by atoms with van der Waals surface area (Å²) < 4.78 is 27.7. The van der Waals surface area contributed by atoms with E-state index in [9.17, 15) is 8.78 Å². The van der Waals surface area contributed by atoms with Gasteiger partial charge < -0.3 is 5.32 Å². The normalized spacial score (nSPS) is 16.2. The molecule has 1 aromatic carbocycles. The summed E-state index contributed by atoms with van der Waals surface area (Å²) in [5.41, 5.74) is 0.121.